The Balaban J connectivity index is 3.71. The molecule has 0 fully saturated rings. The van der Waals surface area contributed by atoms with E-state index < -0.39 is 0 Å². The van der Waals surface area contributed by atoms with Gasteiger partial charge < -0.3 is 10.0 Å². The van der Waals surface area contributed by atoms with E-state index in [0.29, 0.717) is 0 Å². The fraction of sp³-hybridized carbons (Fsp3) is 1.00. The van der Waals surface area contributed by atoms with Crippen molar-refractivity contribution < 1.29 is 5.11 Å². The van der Waals surface area contributed by atoms with E-state index in [9.17, 15) is 5.11 Å². The van der Waals surface area contributed by atoms with Crippen molar-refractivity contribution in [3.63, 3.8) is 0 Å². The van der Waals surface area contributed by atoms with Crippen LogP contribution in [-0.4, -0.2) is 35.7 Å². The van der Waals surface area contributed by atoms with Crippen LogP contribution in [0.5, 0.6) is 0 Å². The summed E-state index contributed by atoms with van der Waals surface area (Å²) in [6.07, 6.45) is 12.3. The van der Waals surface area contributed by atoms with Crippen LogP contribution in [-0.2, 0) is 0 Å². The van der Waals surface area contributed by atoms with Gasteiger partial charge in [-0.05, 0) is 32.4 Å². The molecule has 0 aromatic carbocycles. The second-order valence-corrected chi connectivity index (χ2v) is 5.86. The lowest BCUT2D eigenvalue weighted by Gasteiger charge is -2.24. The molecule has 0 rings (SSSR count). The van der Waals surface area contributed by atoms with Crippen molar-refractivity contribution in [3.8, 4) is 0 Å². The van der Waals surface area contributed by atoms with Crippen molar-refractivity contribution in [1.82, 2.24) is 4.90 Å². The molecule has 0 saturated carbocycles. The highest BCUT2D eigenvalue weighted by atomic mass is 16.3. The maximum atomic E-state index is 10.1. The average Bonchev–Trinajstić information content (AvgIpc) is 2.41. The van der Waals surface area contributed by atoms with Crippen LogP contribution < -0.4 is 0 Å². The summed E-state index contributed by atoms with van der Waals surface area (Å²) in [4.78, 5) is 2.46. The lowest BCUT2D eigenvalue weighted by Crippen LogP contribution is -2.34. The van der Waals surface area contributed by atoms with E-state index in [1.54, 1.807) is 0 Å². The maximum Gasteiger partial charge on any atom is 0.0667 e. The van der Waals surface area contributed by atoms with Crippen LogP contribution in [0, 0.1) is 0 Å². The first kappa shape index (κ1) is 18.9. The standard InChI is InChI=1S/C17H37NO/c1-4-7-10-11-12-13-17(19)16-18(14-8-5-2)15-9-6-3/h17,19H,4-16H2,1-3H3. The molecule has 0 amide bonds. The van der Waals surface area contributed by atoms with Gasteiger partial charge in [-0.2, -0.15) is 0 Å². The number of hydrogen-bond acceptors (Lipinski definition) is 2. The van der Waals surface area contributed by atoms with Gasteiger partial charge >= 0.3 is 0 Å². The Kier molecular flexibility index (Phi) is 14.3. The van der Waals surface area contributed by atoms with Gasteiger partial charge in [-0.3, -0.25) is 0 Å². The van der Waals surface area contributed by atoms with Gasteiger partial charge in [0.15, 0.2) is 0 Å². The summed E-state index contributed by atoms with van der Waals surface area (Å²) in [6.45, 7) is 9.92. The summed E-state index contributed by atoms with van der Waals surface area (Å²) in [5.74, 6) is 0. The predicted molar refractivity (Wildman–Crippen MR) is 85.6 cm³/mol. The lowest BCUT2D eigenvalue weighted by atomic mass is 10.1. The Morgan fingerprint density at radius 2 is 1.26 bits per heavy atom. The first-order chi connectivity index (χ1) is 9.24. The Hall–Kier alpha value is -0.0800. The maximum absolute atomic E-state index is 10.1. The van der Waals surface area contributed by atoms with Gasteiger partial charge in [0.05, 0.1) is 6.10 Å². The molecule has 2 heteroatoms. The summed E-state index contributed by atoms with van der Waals surface area (Å²) in [5, 5.41) is 10.1. The molecule has 2 nitrogen and oxygen atoms in total. The first-order valence-corrected chi connectivity index (χ1v) is 8.64. The molecule has 0 aromatic rings. The minimum absolute atomic E-state index is 0.115. The minimum atomic E-state index is -0.115. The highest BCUT2D eigenvalue weighted by Crippen LogP contribution is 2.09. The van der Waals surface area contributed by atoms with Crippen LogP contribution in [0.25, 0.3) is 0 Å². The van der Waals surface area contributed by atoms with Crippen LogP contribution in [0.4, 0.5) is 0 Å². The van der Waals surface area contributed by atoms with Gasteiger partial charge in [0.1, 0.15) is 0 Å². The SMILES string of the molecule is CCCCCCCC(O)CN(CCCC)CCCC. The molecule has 0 aliphatic carbocycles. The minimum Gasteiger partial charge on any atom is -0.392 e. The molecule has 1 unspecified atom stereocenters. The van der Waals surface area contributed by atoms with Crippen molar-refractivity contribution in [2.24, 2.45) is 0 Å². The zero-order valence-electron chi connectivity index (χ0n) is 13.7. The molecule has 0 aliphatic rings. The zero-order chi connectivity index (χ0) is 14.3. The van der Waals surface area contributed by atoms with Crippen molar-refractivity contribution in [1.29, 1.82) is 0 Å². The molecule has 116 valence electrons. The number of hydrogen-bond donors (Lipinski definition) is 1. The average molecular weight is 271 g/mol. The Bertz CT molecular complexity index is 165. The van der Waals surface area contributed by atoms with E-state index in [2.05, 4.69) is 25.7 Å². The molecule has 1 atom stereocenters. The smallest absolute Gasteiger partial charge is 0.0667 e. The molecule has 0 heterocycles. The fourth-order valence-corrected chi connectivity index (χ4v) is 2.43. The van der Waals surface area contributed by atoms with Crippen molar-refractivity contribution in [2.45, 2.75) is 91.1 Å². The third kappa shape index (κ3) is 12.7. The first-order valence-electron chi connectivity index (χ1n) is 8.64. The van der Waals surface area contributed by atoms with Gasteiger partial charge in [-0.25, -0.2) is 0 Å². The van der Waals surface area contributed by atoms with Gasteiger partial charge in [0.2, 0.25) is 0 Å². The molecule has 1 N–H and O–H groups in total. The van der Waals surface area contributed by atoms with Crippen LogP contribution in [0.15, 0.2) is 0 Å². The molecule has 19 heavy (non-hydrogen) atoms. The fourth-order valence-electron chi connectivity index (χ4n) is 2.43. The number of aliphatic hydroxyl groups excluding tert-OH is 1. The Morgan fingerprint density at radius 1 is 0.737 bits per heavy atom. The molecule has 0 aliphatic heterocycles. The summed E-state index contributed by atoms with van der Waals surface area (Å²) in [6, 6.07) is 0. The zero-order valence-corrected chi connectivity index (χ0v) is 13.7. The lowest BCUT2D eigenvalue weighted by molar-refractivity contribution is 0.101. The van der Waals surface area contributed by atoms with Gasteiger partial charge in [-0.15, -0.1) is 0 Å². The number of rotatable bonds is 14. The number of unbranched alkanes of at least 4 members (excludes halogenated alkanes) is 6. The second-order valence-electron chi connectivity index (χ2n) is 5.86. The molecule has 0 saturated heterocycles. The van der Waals surface area contributed by atoms with Crippen molar-refractivity contribution in [2.75, 3.05) is 19.6 Å². The third-order valence-electron chi connectivity index (χ3n) is 3.77. The predicted octanol–water partition coefficient (Wildman–Crippen LogP) is 4.61. The number of nitrogens with zero attached hydrogens (tertiary/aromatic N) is 1. The summed E-state index contributed by atoms with van der Waals surface area (Å²) in [5.41, 5.74) is 0. The largest absolute Gasteiger partial charge is 0.392 e. The third-order valence-corrected chi connectivity index (χ3v) is 3.77. The molecular formula is C17H37NO. The Morgan fingerprint density at radius 3 is 1.79 bits per heavy atom. The molecular weight excluding hydrogens is 234 g/mol. The summed E-state index contributed by atoms with van der Waals surface area (Å²) >= 11 is 0. The van der Waals surface area contributed by atoms with Gasteiger partial charge in [0.25, 0.3) is 0 Å². The highest BCUT2D eigenvalue weighted by Gasteiger charge is 2.10. The second kappa shape index (κ2) is 14.3. The molecule has 0 aromatic heterocycles. The van der Waals surface area contributed by atoms with E-state index in [4.69, 9.17) is 0 Å². The van der Waals surface area contributed by atoms with Crippen molar-refractivity contribution >= 4 is 0 Å². The monoisotopic (exact) mass is 271 g/mol. The van der Waals surface area contributed by atoms with E-state index in [1.807, 2.05) is 0 Å². The van der Waals surface area contributed by atoms with E-state index in [0.717, 1.165) is 26.1 Å². The van der Waals surface area contributed by atoms with Crippen LogP contribution >= 0.6 is 0 Å². The normalized spacial score (nSPS) is 13.1. The highest BCUT2D eigenvalue weighted by molar-refractivity contribution is 4.65. The Labute approximate surface area is 121 Å². The van der Waals surface area contributed by atoms with Crippen LogP contribution in [0.1, 0.15) is 85.0 Å². The number of aliphatic hydroxyl groups is 1. The molecule has 0 spiro atoms. The molecule has 0 bridgehead atoms. The summed E-state index contributed by atoms with van der Waals surface area (Å²) in [7, 11) is 0. The van der Waals surface area contributed by atoms with Crippen LogP contribution in [0.2, 0.25) is 0 Å². The molecule has 0 radical (unpaired) electrons. The van der Waals surface area contributed by atoms with Gasteiger partial charge in [0, 0.05) is 6.54 Å². The van der Waals surface area contributed by atoms with Gasteiger partial charge in [-0.1, -0.05) is 65.7 Å². The summed E-state index contributed by atoms with van der Waals surface area (Å²) < 4.78 is 0. The van der Waals surface area contributed by atoms with E-state index in [1.165, 1.54) is 57.8 Å². The van der Waals surface area contributed by atoms with Crippen LogP contribution in [0.3, 0.4) is 0 Å². The van der Waals surface area contributed by atoms with Crippen molar-refractivity contribution in [3.05, 3.63) is 0 Å². The quantitative estimate of drug-likeness (QED) is 0.466. The van der Waals surface area contributed by atoms with E-state index >= 15 is 0 Å². The van der Waals surface area contributed by atoms with E-state index in [-0.39, 0.29) is 6.10 Å². The topological polar surface area (TPSA) is 23.5 Å².